The lowest BCUT2D eigenvalue weighted by atomic mass is 9.95. The number of hydrogen-bond acceptors (Lipinski definition) is 4. The van der Waals surface area contributed by atoms with Crippen LogP contribution in [0.25, 0.3) is 11.1 Å². The van der Waals surface area contributed by atoms with E-state index in [4.69, 9.17) is 9.84 Å². The number of aromatic carboxylic acids is 1. The van der Waals surface area contributed by atoms with Crippen molar-refractivity contribution in [2.24, 2.45) is 0 Å². The molecule has 4 rings (SSSR count). The summed E-state index contributed by atoms with van der Waals surface area (Å²) >= 11 is 0. The Morgan fingerprint density at radius 2 is 1.89 bits per heavy atom. The highest BCUT2D eigenvalue weighted by molar-refractivity contribution is 5.88. The number of aliphatic hydroxyl groups is 1. The summed E-state index contributed by atoms with van der Waals surface area (Å²) in [6, 6.07) is 17.1. The molecule has 0 aromatic heterocycles. The van der Waals surface area contributed by atoms with E-state index in [9.17, 15) is 18.7 Å². The maximum atomic E-state index is 14.3. The molecule has 0 spiro atoms. The highest BCUT2D eigenvalue weighted by Crippen LogP contribution is 2.31. The molecular weight excluding hydrogens is 476 g/mol. The van der Waals surface area contributed by atoms with Gasteiger partial charge in [-0.15, -0.1) is 0 Å². The first-order chi connectivity index (χ1) is 17.7. The van der Waals surface area contributed by atoms with Crippen LogP contribution in [0.2, 0.25) is 0 Å². The van der Waals surface area contributed by atoms with Gasteiger partial charge in [-0.2, -0.15) is 0 Å². The molecule has 1 saturated heterocycles. The Balaban J connectivity index is 1.36. The summed E-state index contributed by atoms with van der Waals surface area (Å²) in [6.07, 6.45) is 1.71. The summed E-state index contributed by atoms with van der Waals surface area (Å²) in [4.78, 5) is 13.4. The van der Waals surface area contributed by atoms with Crippen LogP contribution >= 0.6 is 0 Å². The molecule has 0 unspecified atom stereocenters. The molecule has 7 heteroatoms. The molecule has 3 aromatic rings. The Labute approximate surface area is 216 Å². The summed E-state index contributed by atoms with van der Waals surface area (Å²) in [5.74, 6) is -2.29. The molecular formula is C30H33F2NO4. The summed E-state index contributed by atoms with van der Waals surface area (Å²) in [6.45, 7) is 5.11. The van der Waals surface area contributed by atoms with Crippen LogP contribution in [0.3, 0.4) is 0 Å². The number of likely N-dealkylation sites (tertiary alicyclic amines) is 1. The number of benzene rings is 3. The average Bonchev–Trinajstić information content (AvgIpc) is 3.30. The zero-order valence-electron chi connectivity index (χ0n) is 21.2. The highest BCUT2D eigenvalue weighted by Gasteiger charge is 2.27. The lowest BCUT2D eigenvalue weighted by Gasteiger charge is -2.28. The zero-order valence-corrected chi connectivity index (χ0v) is 21.2. The molecule has 1 aliphatic rings. The lowest BCUT2D eigenvalue weighted by molar-refractivity contribution is -0.0169. The second-order valence-corrected chi connectivity index (χ2v) is 9.80. The predicted octanol–water partition coefficient (Wildman–Crippen LogP) is 5.78. The van der Waals surface area contributed by atoms with E-state index < -0.39 is 17.9 Å². The topological polar surface area (TPSA) is 70.0 Å². The summed E-state index contributed by atoms with van der Waals surface area (Å²) in [5, 5.41) is 19.8. The fourth-order valence-electron chi connectivity index (χ4n) is 5.04. The lowest BCUT2D eigenvalue weighted by Crippen LogP contribution is -2.39. The number of nitrogens with zero attached hydrogens (tertiary/aromatic N) is 1. The monoisotopic (exact) mass is 509 g/mol. The van der Waals surface area contributed by atoms with Crippen LogP contribution in [-0.2, 0) is 11.2 Å². The molecule has 0 radical (unpaired) electrons. The third kappa shape index (κ3) is 6.60. The maximum absolute atomic E-state index is 14.3. The Morgan fingerprint density at radius 1 is 1.11 bits per heavy atom. The third-order valence-corrected chi connectivity index (χ3v) is 7.10. The van der Waals surface area contributed by atoms with Crippen molar-refractivity contribution in [2.75, 3.05) is 19.7 Å². The van der Waals surface area contributed by atoms with Crippen molar-refractivity contribution in [3.63, 3.8) is 0 Å². The SMILES string of the molecule is Cc1ccc(C[C@@H]2CCCN2C[C@@H](O)CO[C@H](C)c2ccccc2-c2ccc(C(=O)O)c(F)c2)cc1F. The van der Waals surface area contributed by atoms with E-state index in [1.807, 2.05) is 37.3 Å². The second kappa shape index (κ2) is 11.9. The minimum absolute atomic E-state index is 0.129. The number of aryl methyl sites for hydroxylation is 1. The van der Waals surface area contributed by atoms with E-state index in [1.54, 1.807) is 25.1 Å². The van der Waals surface area contributed by atoms with Crippen LogP contribution in [0.4, 0.5) is 8.78 Å². The van der Waals surface area contributed by atoms with Gasteiger partial charge in [0, 0.05) is 12.6 Å². The molecule has 37 heavy (non-hydrogen) atoms. The van der Waals surface area contributed by atoms with Gasteiger partial charge < -0.3 is 14.9 Å². The van der Waals surface area contributed by atoms with Gasteiger partial charge in [-0.1, -0.05) is 42.5 Å². The number of carboxylic acids is 1. The van der Waals surface area contributed by atoms with E-state index in [1.165, 1.54) is 12.1 Å². The van der Waals surface area contributed by atoms with E-state index in [-0.39, 0.29) is 30.1 Å². The molecule has 2 N–H and O–H groups in total. The third-order valence-electron chi connectivity index (χ3n) is 7.10. The Bertz CT molecular complexity index is 1250. The molecule has 196 valence electrons. The van der Waals surface area contributed by atoms with Gasteiger partial charge in [0.25, 0.3) is 0 Å². The zero-order chi connectivity index (χ0) is 26.5. The van der Waals surface area contributed by atoms with E-state index in [0.717, 1.165) is 42.5 Å². The number of halogens is 2. The molecule has 1 aliphatic heterocycles. The number of carboxylic acid groups (broad SMARTS) is 1. The van der Waals surface area contributed by atoms with Crippen molar-refractivity contribution in [1.29, 1.82) is 0 Å². The fourth-order valence-corrected chi connectivity index (χ4v) is 5.04. The molecule has 0 bridgehead atoms. The van der Waals surface area contributed by atoms with Crippen molar-refractivity contribution in [1.82, 2.24) is 4.90 Å². The van der Waals surface area contributed by atoms with Crippen LogP contribution in [0.5, 0.6) is 0 Å². The van der Waals surface area contributed by atoms with E-state index in [2.05, 4.69) is 4.90 Å². The minimum Gasteiger partial charge on any atom is -0.478 e. The van der Waals surface area contributed by atoms with Gasteiger partial charge in [-0.05, 0) is 85.7 Å². The van der Waals surface area contributed by atoms with Gasteiger partial charge in [0.1, 0.15) is 11.6 Å². The van der Waals surface area contributed by atoms with Gasteiger partial charge in [-0.25, -0.2) is 13.6 Å². The van der Waals surface area contributed by atoms with E-state index in [0.29, 0.717) is 17.7 Å². The summed E-state index contributed by atoms with van der Waals surface area (Å²) in [7, 11) is 0. The van der Waals surface area contributed by atoms with Gasteiger partial charge >= 0.3 is 5.97 Å². The first-order valence-corrected chi connectivity index (χ1v) is 12.6. The molecule has 5 nitrogen and oxygen atoms in total. The molecule has 1 fully saturated rings. The Morgan fingerprint density at radius 3 is 2.62 bits per heavy atom. The number of β-amino-alcohol motifs (C(OH)–C–C–N with tert-alkyl or cyclic N) is 1. The molecule has 1 heterocycles. The van der Waals surface area contributed by atoms with Crippen LogP contribution < -0.4 is 0 Å². The normalized spacial score (nSPS) is 17.6. The Kier molecular flexibility index (Phi) is 8.69. The number of rotatable bonds is 10. The number of hydrogen-bond donors (Lipinski definition) is 2. The fraction of sp³-hybridized carbons (Fsp3) is 0.367. The molecule has 0 amide bonds. The van der Waals surface area contributed by atoms with Crippen LogP contribution in [-0.4, -0.2) is 52.9 Å². The first kappa shape index (κ1) is 26.9. The summed E-state index contributed by atoms with van der Waals surface area (Å²) in [5.41, 5.74) is 3.34. The van der Waals surface area contributed by atoms with Gasteiger partial charge in [0.2, 0.25) is 0 Å². The highest BCUT2D eigenvalue weighted by atomic mass is 19.1. The number of carbonyl (C=O) groups is 1. The van der Waals surface area contributed by atoms with Crippen LogP contribution in [0.15, 0.2) is 60.7 Å². The van der Waals surface area contributed by atoms with Gasteiger partial charge in [0.15, 0.2) is 0 Å². The predicted molar refractivity (Wildman–Crippen MR) is 139 cm³/mol. The summed E-state index contributed by atoms with van der Waals surface area (Å²) < 4.78 is 34.3. The number of aliphatic hydroxyl groups excluding tert-OH is 1. The average molecular weight is 510 g/mol. The van der Waals surface area contributed by atoms with Crippen molar-refractivity contribution >= 4 is 5.97 Å². The quantitative estimate of drug-likeness (QED) is 0.362. The molecule has 0 saturated carbocycles. The minimum atomic E-state index is -1.31. The smallest absolute Gasteiger partial charge is 0.338 e. The van der Waals surface area contributed by atoms with Crippen molar-refractivity contribution in [2.45, 2.75) is 51.4 Å². The van der Waals surface area contributed by atoms with Crippen molar-refractivity contribution in [3.8, 4) is 11.1 Å². The number of ether oxygens (including phenoxy) is 1. The first-order valence-electron chi connectivity index (χ1n) is 12.6. The molecule has 0 aliphatic carbocycles. The van der Waals surface area contributed by atoms with E-state index >= 15 is 0 Å². The van der Waals surface area contributed by atoms with Crippen molar-refractivity contribution in [3.05, 3.63) is 94.6 Å². The molecule has 3 atom stereocenters. The van der Waals surface area contributed by atoms with Crippen LogP contribution in [0.1, 0.15) is 52.9 Å². The van der Waals surface area contributed by atoms with Crippen LogP contribution in [0, 0.1) is 18.6 Å². The Hall–Kier alpha value is -3.13. The largest absolute Gasteiger partial charge is 0.478 e. The standard InChI is InChI=1S/C30H33F2NO4/c1-19-9-10-21(15-28(19)31)14-23-6-5-13-33(23)17-24(34)18-37-20(2)25-7-3-4-8-26(25)22-11-12-27(30(35)36)29(32)16-22/h3-4,7-12,15-16,20,23-24,34H,5-6,13-14,17-18H2,1-2H3,(H,35,36)/t20-,23+,24-/m1/s1. The second-order valence-electron chi connectivity index (χ2n) is 9.80. The maximum Gasteiger partial charge on any atom is 0.338 e. The van der Waals surface area contributed by atoms with Crippen molar-refractivity contribution < 1.29 is 28.5 Å². The van der Waals surface area contributed by atoms with Gasteiger partial charge in [0.05, 0.1) is 24.4 Å². The molecule has 3 aromatic carbocycles. The van der Waals surface area contributed by atoms with Gasteiger partial charge in [-0.3, -0.25) is 4.90 Å².